The van der Waals surface area contributed by atoms with Gasteiger partial charge in [-0.15, -0.1) is 0 Å². The number of pyridine rings is 2. The van der Waals surface area contributed by atoms with Gasteiger partial charge >= 0.3 is 0 Å². The number of hydrogen-bond acceptors (Lipinski definition) is 4. The Morgan fingerprint density at radius 1 is 1.44 bits per heavy atom. The van der Waals surface area contributed by atoms with Crippen molar-refractivity contribution in [2.45, 2.75) is 25.0 Å². The highest BCUT2D eigenvalue weighted by molar-refractivity contribution is 7.81. The average Bonchev–Trinajstić information content (AvgIpc) is 2.36. The van der Waals surface area contributed by atoms with Crippen LogP contribution in [0.25, 0.3) is 10.9 Å². The van der Waals surface area contributed by atoms with Gasteiger partial charge in [-0.2, -0.15) is 12.6 Å². The smallest absolute Gasteiger partial charge is 0.239 e. The zero-order chi connectivity index (χ0) is 12.9. The number of thiol groups is 1. The second-order valence-corrected chi connectivity index (χ2v) is 5.14. The van der Waals surface area contributed by atoms with Crippen LogP contribution in [0, 0.1) is 6.92 Å². The Labute approximate surface area is 110 Å². The molecule has 2 aromatic heterocycles. The molecule has 1 aliphatic heterocycles. The number of nitrogens with one attached hydrogen (secondary N) is 1. The van der Waals surface area contributed by atoms with E-state index in [1.165, 1.54) is 0 Å². The van der Waals surface area contributed by atoms with E-state index < -0.39 is 0 Å². The summed E-state index contributed by atoms with van der Waals surface area (Å²) in [5, 5.41) is 3.52. The molecule has 2 unspecified atom stereocenters. The minimum atomic E-state index is -0.342. The Balaban J connectivity index is 2.37. The van der Waals surface area contributed by atoms with Crippen molar-refractivity contribution in [3.8, 4) is 0 Å². The van der Waals surface area contributed by atoms with Crippen LogP contribution in [0.4, 0.5) is 5.82 Å². The van der Waals surface area contributed by atoms with E-state index in [1.54, 1.807) is 6.20 Å². The molecule has 0 fully saturated rings. The molecule has 3 heterocycles. The molecule has 0 radical (unpaired) electrons. The van der Waals surface area contributed by atoms with Gasteiger partial charge in [0.1, 0.15) is 5.82 Å². The van der Waals surface area contributed by atoms with Crippen LogP contribution in [0.15, 0.2) is 18.3 Å². The number of hydrogen-bond donors (Lipinski definition) is 2. The van der Waals surface area contributed by atoms with Crippen LogP contribution in [-0.4, -0.2) is 21.1 Å². The van der Waals surface area contributed by atoms with Crippen LogP contribution in [0.2, 0.25) is 0 Å². The lowest BCUT2D eigenvalue weighted by Crippen LogP contribution is -2.34. The highest BCUT2D eigenvalue weighted by Crippen LogP contribution is 2.38. The maximum Gasteiger partial charge on any atom is 0.239 e. The van der Waals surface area contributed by atoms with Crippen molar-refractivity contribution < 1.29 is 4.79 Å². The first-order valence-corrected chi connectivity index (χ1v) is 6.35. The molecule has 1 amide bonds. The molecule has 0 saturated heterocycles. The molecule has 1 N–H and O–H groups in total. The number of fused-ring (bicyclic) bond motifs is 3. The van der Waals surface area contributed by atoms with Crippen LogP contribution in [0.3, 0.4) is 0 Å². The SMILES string of the molecule is Cc1nc2c(c3cccnc13)C(C)C(S)C(=O)N2. The molecule has 0 aliphatic carbocycles. The fourth-order valence-corrected chi connectivity index (χ4v) is 2.66. The number of carbonyl (C=O) groups is 1. The van der Waals surface area contributed by atoms with Crippen LogP contribution in [0.5, 0.6) is 0 Å². The number of anilines is 1. The van der Waals surface area contributed by atoms with E-state index in [1.807, 2.05) is 26.0 Å². The number of aryl methyl sites for hydroxylation is 1. The average molecular weight is 259 g/mol. The minimum absolute atomic E-state index is 0.0249. The molecular weight excluding hydrogens is 246 g/mol. The van der Waals surface area contributed by atoms with Crippen molar-refractivity contribution in [3.63, 3.8) is 0 Å². The molecule has 1 aliphatic rings. The molecule has 4 nitrogen and oxygen atoms in total. The Bertz CT molecular complexity index is 656. The van der Waals surface area contributed by atoms with Crippen LogP contribution < -0.4 is 5.32 Å². The number of rotatable bonds is 0. The summed E-state index contributed by atoms with van der Waals surface area (Å²) in [6.07, 6.45) is 1.76. The third-order valence-corrected chi connectivity index (χ3v) is 4.10. The van der Waals surface area contributed by atoms with Gasteiger partial charge in [0.15, 0.2) is 0 Å². The number of amides is 1. The first kappa shape index (κ1) is 11.5. The predicted octanol–water partition coefficient (Wildman–Crippen LogP) is 2.29. The molecular formula is C13H13N3OS. The third kappa shape index (κ3) is 1.50. The quantitative estimate of drug-likeness (QED) is 0.714. The van der Waals surface area contributed by atoms with Gasteiger partial charge in [0.25, 0.3) is 0 Å². The van der Waals surface area contributed by atoms with Crippen molar-refractivity contribution in [1.82, 2.24) is 9.97 Å². The molecule has 5 heteroatoms. The summed E-state index contributed by atoms with van der Waals surface area (Å²) < 4.78 is 0. The van der Waals surface area contributed by atoms with Crippen LogP contribution in [-0.2, 0) is 4.79 Å². The lowest BCUT2D eigenvalue weighted by atomic mass is 9.90. The van der Waals surface area contributed by atoms with Gasteiger partial charge in [0, 0.05) is 23.1 Å². The minimum Gasteiger partial charge on any atom is -0.309 e. The standard InChI is InChI=1S/C13H13N3OS/c1-6-9-8-4-3-5-14-10(8)7(2)15-12(9)16-13(17)11(6)18/h3-6,11,18H,1-2H3,(H,15,16,17). The fourth-order valence-electron chi connectivity index (χ4n) is 2.45. The van der Waals surface area contributed by atoms with E-state index >= 15 is 0 Å². The topological polar surface area (TPSA) is 54.9 Å². The van der Waals surface area contributed by atoms with Gasteiger partial charge < -0.3 is 5.32 Å². The summed E-state index contributed by atoms with van der Waals surface area (Å²) in [5.41, 5.74) is 2.75. The lowest BCUT2D eigenvalue weighted by molar-refractivity contribution is -0.116. The first-order chi connectivity index (χ1) is 8.59. The van der Waals surface area contributed by atoms with E-state index in [2.05, 4.69) is 27.9 Å². The van der Waals surface area contributed by atoms with Gasteiger partial charge in [0.05, 0.1) is 16.5 Å². The molecule has 18 heavy (non-hydrogen) atoms. The molecule has 2 aromatic rings. The van der Waals surface area contributed by atoms with Crippen LogP contribution in [0.1, 0.15) is 24.1 Å². The van der Waals surface area contributed by atoms with Crippen molar-refractivity contribution in [2.24, 2.45) is 0 Å². The van der Waals surface area contributed by atoms with E-state index in [0.29, 0.717) is 5.82 Å². The largest absolute Gasteiger partial charge is 0.309 e. The number of nitrogens with zero attached hydrogens (tertiary/aromatic N) is 2. The second-order valence-electron chi connectivity index (χ2n) is 4.58. The normalized spacial score (nSPS) is 22.7. The van der Waals surface area contributed by atoms with Crippen molar-refractivity contribution >= 4 is 35.3 Å². The first-order valence-electron chi connectivity index (χ1n) is 5.83. The lowest BCUT2D eigenvalue weighted by Gasteiger charge is -2.28. The van der Waals surface area contributed by atoms with E-state index in [4.69, 9.17) is 0 Å². The number of carbonyl (C=O) groups excluding carboxylic acids is 1. The van der Waals surface area contributed by atoms with Crippen LogP contribution >= 0.6 is 12.6 Å². The summed E-state index contributed by atoms with van der Waals surface area (Å²) in [5.74, 6) is 0.584. The summed E-state index contributed by atoms with van der Waals surface area (Å²) >= 11 is 4.37. The molecule has 92 valence electrons. The molecule has 0 saturated carbocycles. The summed E-state index contributed by atoms with van der Waals surface area (Å²) in [7, 11) is 0. The maximum absolute atomic E-state index is 11.8. The van der Waals surface area contributed by atoms with Gasteiger partial charge in [-0.05, 0) is 13.0 Å². The third-order valence-electron chi connectivity index (χ3n) is 3.41. The van der Waals surface area contributed by atoms with E-state index in [9.17, 15) is 4.79 Å². The molecule has 0 bridgehead atoms. The Hall–Kier alpha value is -1.62. The zero-order valence-electron chi connectivity index (χ0n) is 10.1. The molecule has 3 rings (SSSR count). The maximum atomic E-state index is 11.8. The zero-order valence-corrected chi connectivity index (χ0v) is 11.0. The van der Waals surface area contributed by atoms with Gasteiger partial charge in [0.2, 0.25) is 5.91 Å². The predicted molar refractivity (Wildman–Crippen MR) is 74.1 cm³/mol. The van der Waals surface area contributed by atoms with Crippen molar-refractivity contribution in [3.05, 3.63) is 29.6 Å². The van der Waals surface area contributed by atoms with Crippen molar-refractivity contribution in [1.29, 1.82) is 0 Å². The molecule has 0 aromatic carbocycles. The second kappa shape index (κ2) is 3.95. The Morgan fingerprint density at radius 2 is 2.22 bits per heavy atom. The Morgan fingerprint density at radius 3 is 3.00 bits per heavy atom. The van der Waals surface area contributed by atoms with Gasteiger partial charge in [-0.3, -0.25) is 9.78 Å². The van der Waals surface area contributed by atoms with E-state index in [-0.39, 0.29) is 17.1 Å². The summed E-state index contributed by atoms with van der Waals surface area (Å²) in [4.78, 5) is 20.6. The fraction of sp³-hybridized carbons (Fsp3) is 0.308. The Kier molecular flexibility index (Phi) is 2.52. The van der Waals surface area contributed by atoms with E-state index in [0.717, 1.165) is 22.2 Å². The number of aromatic nitrogens is 2. The highest BCUT2D eigenvalue weighted by Gasteiger charge is 2.33. The monoisotopic (exact) mass is 259 g/mol. The van der Waals surface area contributed by atoms with Gasteiger partial charge in [-0.1, -0.05) is 13.0 Å². The molecule has 2 atom stereocenters. The van der Waals surface area contributed by atoms with Crippen molar-refractivity contribution in [2.75, 3.05) is 5.32 Å². The summed E-state index contributed by atoms with van der Waals surface area (Å²) in [6, 6.07) is 3.92. The highest BCUT2D eigenvalue weighted by atomic mass is 32.1. The molecule has 0 spiro atoms. The van der Waals surface area contributed by atoms with Gasteiger partial charge in [-0.25, -0.2) is 4.98 Å². The summed E-state index contributed by atoms with van der Waals surface area (Å²) in [6.45, 7) is 3.90.